The highest BCUT2D eigenvalue weighted by atomic mass is 35.5. The van der Waals surface area contributed by atoms with Crippen LogP contribution in [0.5, 0.6) is 0 Å². The summed E-state index contributed by atoms with van der Waals surface area (Å²) in [6, 6.07) is 3.45. The van der Waals surface area contributed by atoms with Gasteiger partial charge in [0.05, 0.1) is 11.7 Å². The lowest BCUT2D eigenvalue weighted by Gasteiger charge is -2.25. The summed E-state index contributed by atoms with van der Waals surface area (Å²) in [6.45, 7) is 0.900. The van der Waals surface area contributed by atoms with Gasteiger partial charge in [-0.3, -0.25) is 4.68 Å². The molecule has 0 atom stereocenters. The highest BCUT2D eigenvalue weighted by Crippen LogP contribution is 2.27. The van der Waals surface area contributed by atoms with Gasteiger partial charge in [0, 0.05) is 24.2 Å². The van der Waals surface area contributed by atoms with Gasteiger partial charge in [-0.15, -0.1) is 11.6 Å². The van der Waals surface area contributed by atoms with Gasteiger partial charge >= 0.3 is 0 Å². The van der Waals surface area contributed by atoms with E-state index in [1.54, 1.807) is 0 Å². The molecule has 0 radical (unpaired) electrons. The predicted molar refractivity (Wildman–Crippen MR) is 83.1 cm³/mol. The zero-order chi connectivity index (χ0) is 13.8. The number of nitrogens with zero attached hydrogens (tertiary/aromatic N) is 2. The molecule has 0 saturated heterocycles. The summed E-state index contributed by atoms with van der Waals surface area (Å²) in [6.07, 6.45) is 13.6. The number of hydrogen-bond donors (Lipinski definition) is 1. The number of halogens is 1. The zero-order valence-electron chi connectivity index (χ0n) is 12.2. The normalized spacial score (nSPS) is 28.6. The van der Waals surface area contributed by atoms with E-state index in [1.807, 2.05) is 0 Å². The standard InChI is InChI=1S/C16H26ClN3/c17-13-6-8-14(9-7-13)18-12-15-10-11-20(19-15)16-4-2-1-3-5-16/h10-11,13-14,16,18H,1-9,12H2. The molecular weight excluding hydrogens is 270 g/mol. The minimum Gasteiger partial charge on any atom is -0.308 e. The Morgan fingerprint density at radius 2 is 1.85 bits per heavy atom. The maximum atomic E-state index is 6.14. The average molecular weight is 296 g/mol. The molecule has 4 heteroatoms. The maximum Gasteiger partial charge on any atom is 0.0762 e. The molecule has 1 aromatic heterocycles. The van der Waals surface area contributed by atoms with Crippen LogP contribution >= 0.6 is 11.6 Å². The van der Waals surface area contributed by atoms with Crippen LogP contribution in [0.1, 0.15) is 69.5 Å². The molecule has 0 bridgehead atoms. The maximum absolute atomic E-state index is 6.14. The Morgan fingerprint density at radius 3 is 2.60 bits per heavy atom. The summed E-state index contributed by atoms with van der Waals surface area (Å²) >= 11 is 6.14. The van der Waals surface area contributed by atoms with Crippen molar-refractivity contribution in [1.29, 1.82) is 0 Å². The van der Waals surface area contributed by atoms with E-state index in [1.165, 1.54) is 50.6 Å². The lowest BCUT2D eigenvalue weighted by Crippen LogP contribution is -2.33. The van der Waals surface area contributed by atoms with Crippen LogP contribution in [0.4, 0.5) is 0 Å². The van der Waals surface area contributed by atoms with Crippen molar-refractivity contribution in [2.24, 2.45) is 0 Å². The number of alkyl halides is 1. The molecule has 112 valence electrons. The zero-order valence-corrected chi connectivity index (χ0v) is 13.0. The average Bonchev–Trinajstić information content (AvgIpc) is 2.97. The van der Waals surface area contributed by atoms with Crippen molar-refractivity contribution in [2.75, 3.05) is 0 Å². The van der Waals surface area contributed by atoms with Crippen LogP contribution in [0, 0.1) is 0 Å². The topological polar surface area (TPSA) is 29.9 Å². The first-order chi connectivity index (χ1) is 9.81. The van der Waals surface area contributed by atoms with Gasteiger partial charge in [0.1, 0.15) is 0 Å². The molecule has 20 heavy (non-hydrogen) atoms. The van der Waals surface area contributed by atoms with Crippen LogP contribution in [0.15, 0.2) is 12.3 Å². The third kappa shape index (κ3) is 3.76. The lowest BCUT2D eigenvalue weighted by molar-refractivity contribution is 0.326. The predicted octanol–water partition coefficient (Wildman–Crippen LogP) is 4.03. The van der Waals surface area contributed by atoms with E-state index >= 15 is 0 Å². The minimum atomic E-state index is 0.401. The summed E-state index contributed by atoms with van der Waals surface area (Å²) in [5, 5.41) is 8.80. The number of nitrogens with one attached hydrogen (secondary N) is 1. The Kier molecular flexibility index (Phi) is 5.00. The van der Waals surface area contributed by atoms with E-state index in [-0.39, 0.29) is 0 Å². The second-order valence-electron chi connectivity index (χ2n) is 6.41. The number of hydrogen-bond acceptors (Lipinski definition) is 2. The fourth-order valence-corrected chi connectivity index (χ4v) is 3.78. The first kappa shape index (κ1) is 14.4. The molecule has 1 N–H and O–H groups in total. The molecule has 0 spiro atoms. The first-order valence-corrected chi connectivity index (χ1v) is 8.66. The fraction of sp³-hybridized carbons (Fsp3) is 0.812. The summed E-state index contributed by atoms with van der Waals surface area (Å²) < 4.78 is 2.20. The van der Waals surface area contributed by atoms with Gasteiger partial charge in [0.25, 0.3) is 0 Å². The molecule has 1 heterocycles. The summed E-state index contributed by atoms with van der Waals surface area (Å²) in [4.78, 5) is 0. The molecule has 2 aliphatic carbocycles. The Bertz CT molecular complexity index is 404. The van der Waals surface area contributed by atoms with E-state index in [0.717, 1.165) is 19.4 Å². The first-order valence-electron chi connectivity index (χ1n) is 8.23. The Labute approximate surface area is 127 Å². The molecule has 2 aliphatic rings. The van der Waals surface area contributed by atoms with Crippen molar-refractivity contribution in [3.8, 4) is 0 Å². The van der Waals surface area contributed by atoms with Crippen molar-refractivity contribution in [3.63, 3.8) is 0 Å². The van der Waals surface area contributed by atoms with Crippen molar-refractivity contribution in [2.45, 2.75) is 81.8 Å². The van der Waals surface area contributed by atoms with Crippen LogP contribution in [0.2, 0.25) is 0 Å². The van der Waals surface area contributed by atoms with Crippen LogP contribution < -0.4 is 5.32 Å². The van der Waals surface area contributed by atoms with Gasteiger partial charge in [-0.05, 0) is 44.6 Å². The molecule has 0 unspecified atom stereocenters. The smallest absolute Gasteiger partial charge is 0.0762 e. The minimum absolute atomic E-state index is 0.401. The summed E-state index contributed by atoms with van der Waals surface area (Å²) in [5.74, 6) is 0. The Morgan fingerprint density at radius 1 is 1.10 bits per heavy atom. The Hall–Kier alpha value is -0.540. The van der Waals surface area contributed by atoms with E-state index < -0.39 is 0 Å². The van der Waals surface area contributed by atoms with Crippen molar-refractivity contribution >= 4 is 11.6 Å². The van der Waals surface area contributed by atoms with E-state index in [4.69, 9.17) is 16.7 Å². The van der Waals surface area contributed by atoms with Crippen LogP contribution in [-0.4, -0.2) is 21.2 Å². The summed E-state index contributed by atoms with van der Waals surface area (Å²) in [7, 11) is 0. The van der Waals surface area contributed by atoms with Gasteiger partial charge < -0.3 is 5.32 Å². The lowest BCUT2D eigenvalue weighted by atomic mass is 9.95. The van der Waals surface area contributed by atoms with Gasteiger partial charge in [-0.1, -0.05) is 19.3 Å². The number of aromatic nitrogens is 2. The van der Waals surface area contributed by atoms with Crippen molar-refractivity contribution in [1.82, 2.24) is 15.1 Å². The molecule has 0 aromatic carbocycles. The van der Waals surface area contributed by atoms with E-state index in [9.17, 15) is 0 Å². The van der Waals surface area contributed by atoms with Crippen molar-refractivity contribution in [3.05, 3.63) is 18.0 Å². The largest absolute Gasteiger partial charge is 0.308 e. The SMILES string of the molecule is ClC1CCC(NCc2ccn(C3CCCCC3)n2)CC1. The van der Waals surface area contributed by atoms with E-state index in [2.05, 4.69) is 22.3 Å². The Balaban J connectivity index is 1.47. The number of rotatable bonds is 4. The van der Waals surface area contributed by atoms with Crippen molar-refractivity contribution < 1.29 is 0 Å². The molecule has 2 saturated carbocycles. The van der Waals surface area contributed by atoms with Gasteiger partial charge in [-0.2, -0.15) is 5.10 Å². The summed E-state index contributed by atoms with van der Waals surface area (Å²) in [5.41, 5.74) is 1.18. The molecule has 0 amide bonds. The highest BCUT2D eigenvalue weighted by molar-refractivity contribution is 6.20. The molecule has 3 nitrogen and oxygen atoms in total. The highest BCUT2D eigenvalue weighted by Gasteiger charge is 2.19. The fourth-order valence-electron chi connectivity index (χ4n) is 3.53. The third-order valence-electron chi connectivity index (χ3n) is 4.84. The molecule has 0 aliphatic heterocycles. The van der Waals surface area contributed by atoms with Crippen LogP contribution in [-0.2, 0) is 6.54 Å². The van der Waals surface area contributed by atoms with Crippen LogP contribution in [0.3, 0.4) is 0 Å². The van der Waals surface area contributed by atoms with Gasteiger partial charge in [-0.25, -0.2) is 0 Å². The molecule has 1 aromatic rings. The second-order valence-corrected chi connectivity index (χ2v) is 7.03. The van der Waals surface area contributed by atoms with Crippen LogP contribution in [0.25, 0.3) is 0 Å². The monoisotopic (exact) mass is 295 g/mol. The molecular formula is C16H26ClN3. The third-order valence-corrected chi connectivity index (χ3v) is 5.28. The molecule has 2 fully saturated rings. The molecule has 3 rings (SSSR count). The van der Waals surface area contributed by atoms with Gasteiger partial charge in [0.2, 0.25) is 0 Å². The second kappa shape index (κ2) is 6.95. The quantitative estimate of drug-likeness (QED) is 0.850. The van der Waals surface area contributed by atoms with Gasteiger partial charge in [0.15, 0.2) is 0 Å². The van der Waals surface area contributed by atoms with E-state index in [0.29, 0.717) is 17.5 Å².